The Bertz CT molecular complexity index is 799. The summed E-state index contributed by atoms with van der Waals surface area (Å²) in [5.41, 5.74) is 2.94. The van der Waals surface area contributed by atoms with Gasteiger partial charge in [0.25, 0.3) is 0 Å². The molecule has 3 heteroatoms. The summed E-state index contributed by atoms with van der Waals surface area (Å²) in [6, 6.07) is 30.0. The van der Waals surface area contributed by atoms with Gasteiger partial charge in [-0.05, 0) is 0 Å². The lowest BCUT2D eigenvalue weighted by Gasteiger charge is -2.08. The normalized spacial score (nSPS) is 7.29. The lowest BCUT2D eigenvalue weighted by Crippen LogP contribution is -1.99. The number of rotatable bonds is 3. The molecule has 0 bridgehead atoms. The predicted octanol–water partition coefficient (Wildman–Crippen LogP) is 14.1. The fourth-order valence-electron chi connectivity index (χ4n) is 2.52. The third-order valence-electron chi connectivity index (χ3n) is 3.73. The molecule has 3 nitrogen and oxygen atoms in total. The highest BCUT2D eigenvalue weighted by Crippen LogP contribution is 2.24. The average molecular weight is 580 g/mol. The van der Waals surface area contributed by atoms with E-state index >= 15 is 0 Å². The zero-order valence-electron chi connectivity index (χ0n) is 31.0. The first-order valence-corrected chi connectivity index (χ1v) is 16.8. The van der Waals surface area contributed by atoms with Crippen LogP contribution >= 0.6 is 0 Å². The van der Waals surface area contributed by atoms with E-state index in [9.17, 15) is 0 Å². The van der Waals surface area contributed by atoms with Crippen molar-refractivity contribution in [1.29, 1.82) is 0 Å². The van der Waals surface area contributed by atoms with Crippen LogP contribution in [0, 0.1) is 0 Å². The van der Waals surface area contributed by atoms with Gasteiger partial charge in [0, 0.05) is 16.7 Å². The van der Waals surface area contributed by atoms with Crippen molar-refractivity contribution in [3.63, 3.8) is 0 Å². The second-order valence-electron chi connectivity index (χ2n) is 5.40. The van der Waals surface area contributed by atoms with E-state index in [4.69, 9.17) is 0 Å². The van der Waals surface area contributed by atoms with E-state index in [1.807, 2.05) is 216 Å². The lowest BCUT2D eigenvalue weighted by molar-refractivity contribution is 1.07. The molecular formula is C39H69N3. The van der Waals surface area contributed by atoms with Gasteiger partial charge in [-0.25, -0.2) is 15.0 Å². The van der Waals surface area contributed by atoms with Crippen molar-refractivity contribution >= 4 is 0 Å². The minimum atomic E-state index is 0.684. The molecule has 0 spiro atoms. The van der Waals surface area contributed by atoms with Crippen LogP contribution in [-0.2, 0) is 0 Å². The molecule has 1 aromatic heterocycles. The third-order valence-corrected chi connectivity index (χ3v) is 3.73. The van der Waals surface area contributed by atoms with Gasteiger partial charge in [0.15, 0.2) is 17.5 Å². The van der Waals surface area contributed by atoms with Crippen molar-refractivity contribution in [2.24, 2.45) is 0 Å². The second-order valence-corrected chi connectivity index (χ2v) is 5.40. The summed E-state index contributed by atoms with van der Waals surface area (Å²) in [6.07, 6.45) is 0. The van der Waals surface area contributed by atoms with Gasteiger partial charge in [0.2, 0.25) is 0 Å². The molecule has 0 saturated carbocycles. The topological polar surface area (TPSA) is 38.7 Å². The Morgan fingerprint density at radius 1 is 0.238 bits per heavy atom. The SMILES string of the molecule is CC.CC.CC.CC.CC.CC.CC.CC.CC.c1ccc(-c2nc(-c3ccccc3)nc(-c3ccccc3)n2)cc1. The maximum absolute atomic E-state index is 4.68. The predicted molar refractivity (Wildman–Crippen MR) is 198 cm³/mol. The highest BCUT2D eigenvalue weighted by Gasteiger charge is 2.11. The molecule has 0 amide bonds. The third kappa shape index (κ3) is 23.4. The van der Waals surface area contributed by atoms with Crippen LogP contribution < -0.4 is 0 Å². The molecule has 42 heavy (non-hydrogen) atoms. The summed E-state index contributed by atoms with van der Waals surface area (Å²) in [5.74, 6) is 2.05. The fraction of sp³-hybridized carbons (Fsp3) is 0.462. The Kier molecular flexibility index (Phi) is 58.1. The Labute approximate surface area is 264 Å². The van der Waals surface area contributed by atoms with Crippen molar-refractivity contribution in [3.05, 3.63) is 91.0 Å². The minimum Gasteiger partial charge on any atom is -0.208 e. The molecule has 0 atom stereocenters. The van der Waals surface area contributed by atoms with E-state index in [-0.39, 0.29) is 0 Å². The van der Waals surface area contributed by atoms with E-state index in [2.05, 4.69) is 15.0 Å². The van der Waals surface area contributed by atoms with Crippen LogP contribution in [0.1, 0.15) is 125 Å². The quantitative estimate of drug-likeness (QED) is 0.242. The van der Waals surface area contributed by atoms with Gasteiger partial charge in [-0.3, -0.25) is 0 Å². The summed E-state index contributed by atoms with van der Waals surface area (Å²) in [6.45, 7) is 36.0. The Morgan fingerprint density at radius 2 is 0.381 bits per heavy atom. The first-order chi connectivity index (χ1) is 20.9. The largest absolute Gasteiger partial charge is 0.208 e. The van der Waals surface area contributed by atoms with Crippen LogP contribution in [0.2, 0.25) is 0 Å². The minimum absolute atomic E-state index is 0.684. The van der Waals surface area contributed by atoms with Gasteiger partial charge < -0.3 is 0 Å². The highest BCUT2D eigenvalue weighted by molar-refractivity contribution is 5.66. The molecule has 0 saturated heterocycles. The Morgan fingerprint density at radius 3 is 0.524 bits per heavy atom. The standard InChI is InChI=1S/C21H15N3.9C2H6/c1-4-10-16(11-5-1)19-22-20(17-12-6-2-7-13-17)24-21(23-19)18-14-8-3-9-15-18;9*1-2/h1-15H;9*1-2H3. The molecule has 0 N–H and O–H groups in total. The number of hydrogen-bond acceptors (Lipinski definition) is 3. The Hall–Kier alpha value is -3.33. The van der Waals surface area contributed by atoms with Gasteiger partial charge >= 0.3 is 0 Å². The van der Waals surface area contributed by atoms with Crippen LogP contribution in [0.3, 0.4) is 0 Å². The first kappa shape index (κ1) is 51.4. The number of benzene rings is 3. The van der Waals surface area contributed by atoms with Crippen molar-refractivity contribution in [2.75, 3.05) is 0 Å². The monoisotopic (exact) mass is 580 g/mol. The number of hydrogen-bond donors (Lipinski definition) is 0. The summed E-state index contributed by atoms with van der Waals surface area (Å²) in [7, 11) is 0. The number of aromatic nitrogens is 3. The molecule has 4 aromatic rings. The molecule has 0 aliphatic carbocycles. The van der Waals surface area contributed by atoms with Gasteiger partial charge in [0.05, 0.1) is 0 Å². The van der Waals surface area contributed by atoms with E-state index < -0.39 is 0 Å². The molecule has 0 aliphatic heterocycles. The van der Waals surface area contributed by atoms with Crippen molar-refractivity contribution in [1.82, 2.24) is 15.0 Å². The first-order valence-electron chi connectivity index (χ1n) is 16.8. The van der Waals surface area contributed by atoms with Crippen molar-refractivity contribution in [2.45, 2.75) is 125 Å². The molecule has 240 valence electrons. The fourth-order valence-corrected chi connectivity index (χ4v) is 2.52. The maximum atomic E-state index is 4.68. The zero-order chi connectivity index (χ0) is 34.2. The Balaban J connectivity index is -0.000000155. The molecule has 0 fully saturated rings. The highest BCUT2D eigenvalue weighted by atomic mass is 15.0. The van der Waals surface area contributed by atoms with E-state index in [1.54, 1.807) is 0 Å². The molecule has 0 radical (unpaired) electrons. The molecule has 4 rings (SSSR count). The molecule has 3 aromatic carbocycles. The number of nitrogens with zero attached hydrogens (tertiary/aromatic N) is 3. The lowest BCUT2D eigenvalue weighted by atomic mass is 10.1. The van der Waals surface area contributed by atoms with Gasteiger partial charge in [-0.2, -0.15) is 0 Å². The van der Waals surface area contributed by atoms with Crippen molar-refractivity contribution < 1.29 is 0 Å². The molecule has 0 unspecified atom stereocenters. The second kappa shape index (κ2) is 47.5. The van der Waals surface area contributed by atoms with Crippen LogP contribution in [0.4, 0.5) is 0 Å². The zero-order valence-corrected chi connectivity index (χ0v) is 31.0. The van der Waals surface area contributed by atoms with Crippen LogP contribution in [0.25, 0.3) is 34.2 Å². The smallest absolute Gasteiger partial charge is 0.164 e. The maximum Gasteiger partial charge on any atom is 0.164 e. The molecular weight excluding hydrogens is 510 g/mol. The van der Waals surface area contributed by atoms with E-state index in [1.165, 1.54) is 0 Å². The summed E-state index contributed by atoms with van der Waals surface area (Å²) < 4.78 is 0. The van der Waals surface area contributed by atoms with Crippen molar-refractivity contribution in [3.8, 4) is 34.2 Å². The summed E-state index contributed by atoms with van der Waals surface area (Å²) in [5, 5.41) is 0. The van der Waals surface area contributed by atoms with E-state index in [0.717, 1.165) is 16.7 Å². The average Bonchev–Trinajstić information content (AvgIpc) is 3.17. The van der Waals surface area contributed by atoms with Crippen LogP contribution in [0.5, 0.6) is 0 Å². The van der Waals surface area contributed by atoms with Gasteiger partial charge in [-0.1, -0.05) is 216 Å². The van der Waals surface area contributed by atoms with Crippen LogP contribution in [0.15, 0.2) is 91.0 Å². The molecule has 0 aliphatic rings. The van der Waals surface area contributed by atoms with Crippen LogP contribution in [-0.4, -0.2) is 15.0 Å². The summed E-state index contributed by atoms with van der Waals surface area (Å²) in [4.78, 5) is 14.0. The summed E-state index contributed by atoms with van der Waals surface area (Å²) >= 11 is 0. The van der Waals surface area contributed by atoms with E-state index in [0.29, 0.717) is 17.5 Å². The molecule has 1 heterocycles. The van der Waals surface area contributed by atoms with Gasteiger partial charge in [0.1, 0.15) is 0 Å². The van der Waals surface area contributed by atoms with Gasteiger partial charge in [-0.15, -0.1) is 0 Å².